The van der Waals surface area contributed by atoms with Gasteiger partial charge in [-0.25, -0.2) is 0 Å². The first kappa shape index (κ1) is 14.7. The number of ether oxygens (including phenoxy) is 1. The quantitative estimate of drug-likeness (QED) is 0.707. The van der Waals surface area contributed by atoms with Gasteiger partial charge in [0.25, 0.3) is 0 Å². The summed E-state index contributed by atoms with van der Waals surface area (Å²) in [6, 6.07) is 9.86. The maximum atomic E-state index is 12.1. The average molecular weight is 248 g/mol. The van der Waals surface area contributed by atoms with Crippen LogP contribution in [0.4, 0.5) is 0 Å². The van der Waals surface area contributed by atoms with Crippen molar-refractivity contribution in [1.82, 2.24) is 0 Å². The number of hydrogen-bond acceptors (Lipinski definition) is 2. The van der Waals surface area contributed by atoms with Gasteiger partial charge in [0.2, 0.25) is 0 Å². The molecule has 18 heavy (non-hydrogen) atoms. The zero-order chi connectivity index (χ0) is 13.5. The van der Waals surface area contributed by atoms with Crippen LogP contribution in [0.25, 0.3) is 0 Å². The Labute approximate surface area is 110 Å². The van der Waals surface area contributed by atoms with E-state index < -0.39 is 0 Å². The molecular weight excluding hydrogens is 224 g/mol. The van der Waals surface area contributed by atoms with E-state index in [0.29, 0.717) is 5.92 Å². The van der Waals surface area contributed by atoms with Crippen molar-refractivity contribution in [2.24, 2.45) is 5.92 Å². The molecule has 100 valence electrons. The van der Waals surface area contributed by atoms with Gasteiger partial charge in [0.05, 0.1) is 12.0 Å². The summed E-state index contributed by atoms with van der Waals surface area (Å²) in [5, 5.41) is 0. The van der Waals surface area contributed by atoms with Crippen LogP contribution in [0.3, 0.4) is 0 Å². The van der Waals surface area contributed by atoms with Crippen LogP contribution in [-0.2, 0) is 9.53 Å². The Hall–Kier alpha value is -1.31. The fraction of sp³-hybridized carbons (Fsp3) is 0.562. The summed E-state index contributed by atoms with van der Waals surface area (Å²) in [5.74, 6) is 0.308. The largest absolute Gasteiger partial charge is 0.462 e. The second kappa shape index (κ2) is 7.20. The highest BCUT2D eigenvalue weighted by Crippen LogP contribution is 2.22. The van der Waals surface area contributed by atoms with Gasteiger partial charge in [-0.3, -0.25) is 4.79 Å². The molecule has 0 aliphatic rings. The molecule has 0 saturated heterocycles. The molecule has 2 nitrogen and oxygen atoms in total. The van der Waals surface area contributed by atoms with E-state index in [0.717, 1.165) is 18.4 Å². The van der Waals surface area contributed by atoms with Crippen LogP contribution in [0, 0.1) is 5.92 Å². The van der Waals surface area contributed by atoms with Gasteiger partial charge in [0, 0.05) is 0 Å². The smallest absolute Gasteiger partial charge is 0.313 e. The number of esters is 1. The molecule has 0 aliphatic heterocycles. The van der Waals surface area contributed by atoms with Crippen molar-refractivity contribution in [2.75, 3.05) is 0 Å². The fourth-order valence-corrected chi connectivity index (χ4v) is 2.22. The second-order valence-electron chi connectivity index (χ2n) is 5.25. The van der Waals surface area contributed by atoms with Crippen LogP contribution < -0.4 is 0 Å². The number of hydrogen-bond donors (Lipinski definition) is 0. The molecule has 0 bridgehead atoms. The lowest BCUT2D eigenvalue weighted by molar-refractivity contribution is -0.150. The highest BCUT2D eigenvalue weighted by atomic mass is 16.5. The average Bonchev–Trinajstić information content (AvgIpc) is 2.29. The first-order valence-corrected chi connectivity index (χ1v) is 6.80. The maximum absolute atomic E-state index is 12.1. The summed E-state index contributed by atoms with van der Waals surface area (Å²) in [6.45, 7) is 8.26. The van der Waals surface area contributed by atoms with Crippen molar-refractivity contribution in [3.8, 4) is 0 Å². The molecule has 0 spiro atoms. The van der Waals surface area contributed by atoms with E-state index in [1.807, 2.05) is 44.2 Å². The Kier molecular flexibility index (Phi) is 5.90. The van der Waals surface area contributed by atoms with Crippen LogP contribution >= 0.6 is 0 Å². The zero-order valence-electron chi connectivity index (χ0n) is 11.8. The topological polar surface area (TPSA) is 26.3 Å². The molecular formula is C16H24O2. The third-order valence-electron chi connectivity index (χ3n) is 3.02. The predicted octanol–water partition coefficient (Wildman–Crippen LogP) is 4.16. The fourth-order valence-electron chi connectivity index (χ4n) is 2.22. The number of carbonyl (C=O) groups is 1. The Morgan fingerprint density at radius 1 is 1.17 bits per heavy atom. The van der Waals surface area contributed by atoms with E-state index in [2.05, 4.69) is 13.8 Å². The van der Waals surface area contributed by atoms with Crippen molar-refractivity contribution in [1.29, 1.82) is 0 Å². The van der Waals surface area contributed by atoms with Crippen LogP contribution in [0.1, 0.15) is 52.0 Å². The summed E-state index contributed by atoms with van der Waals surface area (Å²) >= 11 is 0. The molecule has 0 saturated carbocycles. The monoisotopic (exact) mass is 248 g/mol. The summed E-state index contributed by atoms with van der Waals surface area (Å²) in [7, 11) is 0. The van der Waals surface area contributed by atoms with E-state index in [1.165, 1.54) is 0 Å². The SMILES string of the molecule is CCC(C(=O)OC(C)CC(C)C)c1ccccc1. The molecule has 2 atom stereocenters. The first-order valence-electron chi connectivity index (χ1n) is 6.80. The normalized spacial score (nSPS) is 14.3. The minimum Gasteiger partial charge on any atom is -0.462 e. The predicted molar refractivity (Wildman–Crippen MR) is 74.5 cm³/mol. The molecule has 0 radical (unpaired) electrons. The highest BCUT2D eigenvalue weighted by Gasteiger charge is 2.22. The van der Waals surface area contributed by atoms with Crippen LogP contribution in [-0.4, -0.2) is 12.1 Å². The van der Waals surface area contributed by atoms with Gasteiger partial charge in [0.15, 0.2) is 0 Å². The summed E-state index contributed by atoms with van der Waals surface area (Å²) in [4.78, 5) is 12.1. The van der Waals surface area contributed by atoms with Crippen molar-refractivity contribution < 1.29 is 9.53 Å². The van der Waals surface area contributed by atoms with Crippen molar-refractivity contribution in [2.45, 2.75) is 52.6 Å². The number of rotatable bonds is 6. The van der Waals surface area contributed by atoms with Gasteiger partial charge in [-0.2, -0.15) is 0 Å². The highest BCUT2D eigenvalue weighted by molar-refractivity contribution is 5.78. The Bertz CT molecular complexity index is 357. The molecule has 0 fully saturated rings. The van der Waals surface area contributed by atoms with E-state index in [-0.39, 0.29) is 18.0 Å². The van der Waals surface area contributed by atoms with Gasteiger partial charge in [0.1, 0.15) is 0 Å². The van der Waals surface area contributed by atoms with Gasteiger partial charge >= 0.3 is 5.97 Å². The van der Waals surface area contributed by atoms with Crippen LogP contribution in [0.2, 0.25) is 0 Å². The third-order valence-corrected chi connectivity index (χ3v) is 3.02. The lowest BCUT2D eigenvalue weighted by Crippen LogP contribution is -2.22. The van der Waals surface area contributed by atoms with E-state index in [9.17, 15) is 4.79 Å². The summed E-state index contributed by atoms with van der Waals surface area (Å²) in [6.07, 6.45) is 1.68. The Morgan fingerprint density at radius 3 is 2.28 bits per heavy atom. The molecule has 1 aromatic carbocycles. The minimum absolute atomic E-state index is 0.00439. The van der Waals surface area contributed by atoms with E-state index in [4.69, 9.17) is 4.74 Å². The van der Waals surface area contributed by atoms with E-state index in [1.54, 1.807) is 0 Å². The van der Waals surface area contributed by atoms with Gasteiger partial charge in [-0.15, -0.1) is 0 Å². The van der Waals surface area contributed by atoms with Gasteiger partial charge in [-0.05, 0) is 31.2 Å². The Morgan fingerprint density at radius 2 is 1.78 bits per heavy atom. The zero-order valence-corrected chi connectivity index (χ0v) is 11.8. The molecule has 0 heterocycles. The third kappa shape index (κ3) is 4.52. The molecule has 0 aromatic heterocycles. The van der Waals surface area contributed by atoms with Crippen molar-refractivity contribution >= 4 is 5.97 Å². The minimum atomic E-state index is -0.138. The molecule has 2 unspecified atom stereocenters. The summed E-state index contributed by atoms with van der Waals surface area (Å²) in [5.41, 5.74) is 1.04. The van der Waals surface area contributed by atoms with E-state index >= 15 is 0 Å². The summed E-state index contributed by atoms with van der Waals surface area (Å²) < 4.78 is 5.53. The standard InChI is InChI=1S/C16H24O2/c1-5-15(14-9-7-6-8-10-14)16(17)18-13(4)11-12(2)3/h6-10,12-13,15H,5,11H2,1-4H3. The molecule has 2 heteroatoms. The van der Waals surface area contributed by atoms with Crippen molar-refractivity contribution in [3.63, 3.8) is 0 Å². The maximum Gasteiger partial charge on any atom is 0.313 e. The molecule has 1 aromatic rings. The second-order valence-corrected chi connectivity index (χ2v) is 5.25. The van der Waals surface area contributed by atoms with Gasteiger partial charge < -0.3 is 4.74 Å². The van der Waals surface area contributed by atoms with Gasteiger partial charge in [-0.1, -0.05) is 51.1 Å². The molecule has 0 aliphatic carbocycles. The first-order chi connectivity index (χ1) is 8.54. The number of carbonyl (C=O) groups excluding carboxylic acids is 1. The lowest BCUT2D eigenvalue weighted by atomic mass is 9.96. The molecule has 0 amide bonds. The lowest BCUT2D eigenvalue weighted by Gasteiger charge is -2.20. The van der Waals surface area contributed by atoms with Crippen LogP contribution in [0.5, 0.6) is 0 Å². The van der Waals surface area contributed by atoms with Crippen molar-refractivity contribution in [3.05, 3.63) is 35.9 Å². The molecule has 1 rings (SSSR count). The van der Waals surface area contributed by atoms with Crippen LogP contribution in [0.15, 0.2) is 30.3 Å². The number of benzene rings is 1. The Balaban J connectivity index is 2.63. The molecule has 0 N–H and O–H groups in total.